The van der Waals surface area contributed by atoms with Crippen LogP contribution in [0.1, 0.15) is 17.3 Å². The van der Waals surface area contributed by atoms with Crippen LogP contribution in [-0.4, -0.2) is 28.0 Å². The highest BCUT2D eigenvalue weighted by molar-refractivity contribution is 7.94. The van der Waals surface area contributed by atoms with Gasteiger partial charge in [0.05, 0.1) is 22.9 Å². The second kappa shape index (κ2) is 6.68. The summed E-state index contributed by atoms with van der Waals surface area (Å²) in [5, 5.41) is 1.90. The Morgan fingerprint density at radius 1 is 1.36 bits per heavy atom. The monoisotopic (exact) mass is 359 g/mol. The van der Waals surface area contributed by atoms with Crippen molar-refractivity contribution in [3.05, 3.63) is 46.3 Å². The third kappa shape index (κ3) is 3.26. The number of esters is 1. The van der Waals surface area contributed by atoms with Crippen LogP contribution in [0.2, 0.25) is 5.02 Å². The number of anilines is 1. The fraction of sp³-hybridized carbons (Fsp3) is 0.214. The van der Waals surface area contributed by atoms with Crippen molar-refractivity contribution in [3.63, 3.8) is 0 Å². The van der Waals surface area contributed by atoms with Gasteiger partial charge in [-0.3, -0.25) is 4.31 Å². The largest absolute Gasteiger partial charge is 0.462 e. The van der Waals surface area contributed by atoms with E-state index in [1.54, 1.807) is 18.4 Å². The minimum Gasteiger partial charge on any atom is -0.462 e. The summed E-state index contributed by atoms with van der Waals surface area (Å²) in [7, 11) is -2.24. The zero-order valence-corrected chi connectivity index (χ0v) is 14.3. The van der Waals surface area contributed by atoms with Crippen LogP contribution in [-0.2, 0) is 14.8 Å². The van der Waals surface area contributed by atoms with Crippen molar-refractivity contribution < 1.29 is 17.9 Å². The van der Waals surface area contributed by atoms with Gasteiger partial charge in [-0.05, 0) is 36.6 Å². The van der Waals surface area contributed by atoms with E-state index < -0.39 is 16.0 Å². The lowest BCUT2D eigenvalue weighted by atomic mass is 10.2. The first kappa shape index (κ1) is 16.8. The maximum atomic E-state index is 12.5. The smallest absolute Gasteiger partial charge is 0.339 e. The number of thiophene rings is 1. The average molecular weight is 360 g/mol. The van der Waals surface area contributed by atoms with Gasteiger partial charge in [0.15, 0.2) is 0 Å². The summed E-state index contributed by atoms with van der Waals surface area (Å²) >= 11 is 7.11. The van der Waals surface area contributed by atoms with Crippen molar-refractivity contribution in [2.45, 2.75) is 11.1 Å². The molecule has 118 valence electrons. The zero-order valence-electron chi connectivity index (χ0n) is 11.9. The molecule has 0 unspecified atom stereocenters. The Hall–Kier alpha value is -1.57. The van der Waals surface area contributed by atoms with E-state index in [1.807, 2.05) is 0 Å². The van der Waals surface area contributed by atoms with Gasteiger partial charge >= 0.3 is 5.97 Å². The molecule has 0 spiro atoms. The maximum Gasteiger partial charge on any atom is 0.339 e. The molecule has 0 saturated carbocycles. The molecule has 0 amide bonds. The Labute approximate surface area is 138 Å². The van der Waals surface area contributed by atoms with Crippen LogP contribution in [0, 0.1) is 0 Å². The maximum absolute atomic E-state index is 12.5. The number of ether oxygens (including phenoxy) is 1. The number of carbonyl (C=O) groups excluding carboxylic acids is 1. The number of sulfonamides is 1. The van der Waals surface area contributed by atoms with Crippen LogP contribution >= 0.6 is 22.9 Å². The Morgan fingerprint density at radius 3 is 2.68 bits per heavy atom. The van der Waals surface area contributed by atoms with E-state index in [2.05, 4.69) is 0 Å². The van der Waals surface area contributed by atoms with E-state index in [4.69, 9.17) is 16.3 Å². The van der Waals surface area contributed by atoms with Crippen molar-refractivity contribution in [1.29, 1.82) is 0 Å². The molecule has 22 heavy (non-hydrogen) atoms. The Kier molecular flexibility index (Phi) is 5.10. The molecule has 0 fully saturated rings. The second-order valence-corrected chi connectivity index (χ2v) is 7.84. The van der Waals surface area contributed by atoms with Gasteiger partial charge in [-0.15, -0.1) is 11.3 Å². The highest BCUT2D eigenvalue weighted by Gasteiger charge is 2.23. The van der Waals surface area contributed by atoms with Crippen LogP contribution in [0.5, 0.6) is 0 Å². The number of rotatable bonds is 5. The van der Waals surface area contributed by atoms with Crippen LogP contribution in [0.3, 0.4) is 0 Å². The number of hydrogen-bond donors (Lipinski definition) is 0. The van der Waals surface area contributed by atoms with Crippen LogP contribution in [0.25, 0.3) is 0 Å². The lowest BCUT2D eigenvalue weighted by molar-refractivity contribution is 0.0526. The van der Waals surface area contributed by atoms with Crippen molar-refractivity contribution in [1.82, 2.24) is 0 Å². The summed E-state index contributed by atoms with van der Waals surface area (Å²) in [5.41, 5.74) is 0.468. The van der Waals surface area contributed by atoms with Crippen molar-refractivity contribution in [2.75, 3.05) is 18.0 Å². The number of carbonyl (C=O) groups is 1. The van der Waals surface area contributed by atoms with E-state index in [0.717, 1.165) is 15.6 Å². The molecule has 0 saturated heterocycles. The van der Waals surface area contributed by atoms with Crippen molar-refractivity contribution in [3.8, 4) is 0 Å². The fourth-order valence-electron chi connectivity index (χ4n) is 1.76. The van der Waals surface area contributed by atoms with Gasteiger partial charge in [0.2, 0.25) is 0 Å². The van der Waals surface area contributed by atoms with Crippen molar-refractivity contribution >= 4 is 44.6 Å². The standard InChI is InChI=1S/C14H14ClNO4S2/c1-3-20-14(17)11-9-10(6-7-12(11)15)16(2)22(18,19)13-5-4-8-21-13/h4-9H,3H2,1-2H3. The first-order chi connectivity index (χ1) is 10.4. The fourth-order valence-corrected chi connectivity index (χ4v) is 4.30. The summed E-state index contributed by atoms with van der Waals surface area (Å²) in [5.74, 6) is -0.587. The molecule has 0 radical (unpaired) electrons. The molecule has 0 atom stereocenters. The van der Waals surface area contributed by atoms with Gasteiger partial charge in [-0.1, -0.05) is 17.7 Å². The molecule has 2 aromatic rings. The topological polar surface area (TPSA) is 63.7 Å². The Balaban J connectivity index is 2.41. The summed E-state index contributed by atoms with van der Waals surface area (Å²) < 4.78 is 31.2. The van der Waals surface area contributed by atoms with E-state index in [-0.39, 0.29) is 21.4 Å². The molecular formula is C14H14ClNO4S2. The number of halogens is 1. The lowest BCUT2D eigenvalue weighted by Gasteiger charge is -2.19. The third-order valence-electron chi connectivity index (χ3n) is 2.92. The summed E-state index contributed by atoms with van der Waals surface area (Å²) in [6, 6.07) is 7.61. The van der Waals surface area contributed by atoms with E-state index in [1.165, 1.54) is 31.3 Å². The first-order valence-corrected chi connectivity index (χ1v) is 9.06. The van der Waals surface area contributed by atoms with Gasteiger partial charge in [0, 0.05) is 7.05 Å². The highest BCUT2D eigenvalue weighted by Crippen LogP contribution is 2.28. The lowest BCUT2D eigenvalue weighted by Crippen LogP contribution is -2.26. The molecule has 1 aromatic heterocycles. The summed E-state index contributed by atoms with van der Waals surface area (Å²) in [6.07, 6.45) is 0. The summed E-state index contributed by atoms with van der Waals surface area (Å²) in [6.45, 7) is 1.89. The molecule has 0 bridgehead atoms. The molecule has 5 nitrogen and oxygen atoms in total. The molecule has 1 heterocycles. The van der Waals surface area contributed by atoms with E-state index >= 15 is 0 Å². The number of nitrogens with zero attached hydrogens (tertiary/aromatic N) is 1. The van der Waals surface area contributed by atoms with Gasteiger partial charge in [-0.2, -0.15) is 0 Å². The van der Waals surface area contributed by atoms with Gasteiger partial charge in [-0.25, -0.2) is 13.2 Å². The SMILES string of the molecule is CCOC(=O)c1cc(N(C)S(=O)(=O)c2cccs2)ccc1Cl. The molecule has 0 N–H and O–H groups in total. The number of benzene rings is 1. The predicted molar refractivity (Wildman–Crippen MR) is 87.3 cm³/mol. The molecule has 8 heteroatoms. The molecule has 0 aliphatic heterocycles. The third-order valence-corrected chi connectivity index (χ3v) is 6.41. The van der Waals surface area contributed by atoms with E-state index in [0.29, 0.717) is 5.69 Å². The minimum atomic E-state index is -3.66. The molecule has 0 aliphatic rings. The number of hydrogen-bond acceptors (Lipinski definition) is 5. The van der Waals surface area contributed by atoms with E-state index in [9.17, 15) is 13.2 Å². The zero-order chi connectivity index (χ0) is 16.3. The second-order valence-electron chi connectivity index (χ2n) is 4.29. The van der Waals surface area contributed by atoms with Crippen LogP contribution in [0.15, 0.2) is 39.9 Å². The molecule has 1 aromatic carbocycles. The highest BCUT2D eigenvalue weighted by atomic mass is 35.5. The van der Waals surface area contributed by atoms with Crippen molar-refractivity contribution in [2.24, 2.45) is 0 Å². The molecular weight excluding hydrogens is 346 g/mol. The first-order valence-electron chi connectivity index (χ1n) is 6.37. The minimum absolute atomic E-state index is 0.134. The Bertz CT molecular complexity index is 772. The van der Waals surface area contributed by atoms with Gasteiger partial charge < -0.3 is 4.74 Å². The van der Waals surface area contributed by atoms with Gasteiger partial charge in [0.1, 0.15) is 4.21 Å². The average Bonchev–Trinajstić information content (AvgIpc) is 3.02. The van der Waals surface area contributed by atoms with Crippen LogP contribution in [0.4, 0.5) is 5.69 Å². The molecule has 0 aliphatic carbocycles. The van der Waals surface area contributed by atoms with Crippen LogP contribution < -0.4 is 4.31 Å². The quantitative estimate of drug-likeness (QED) is 0.767. The predicted octanol–water partition coefficient (Wildman–Crippen LogP) is 3.40. The Morgan fingerprint density at radius 2 is 2.09 bits per heavy atom. The normalized spacial score (nSPS) is 11.2. The van der Waals surface area contributed by atoms with Gasteiger partial charge in [0.25, 0.3) is 10.0 Å². The molecule has 2 rings (SSSR count). The summed E-state index contributed by atoms with van der Waals surface area (Å²) in [4.78, 5) is 11.8.